The lowest BCUT2D eigenvalue weighted by Crippen LogP contribution is -2.24. The highest BCUT2D eigenvalue weighted by Gasteiger charge is 2.28. The number of nitrogens with zero attached hydrogens (tertiary/aromatic N) is 5. The van der Waals surface area contributed by atoms with Gasteiger partial charge in [-0.3, -0.25) is 0 Å². The molecule has 3 aromatic rings. The quantitative estimate of drug-likeness (QED) is 0.333. The van der Waals surface area contributed by atoms with Gasteiger partial charge in [0.1, 0.15) is 16.4 Å². The van der Waals surface area contributed by atoms with Crippen LogP contribution in [-0.2, 0) is 11.2 Å². The van der Waals surface area contributed by atoms with Crippen molar-refractivity contribution in [3.8, 4) is 0 Å². The third kappa shape index (κ3) is 3.91. The standard InChI is InChI=1S/C20H22ClN5O2S/c1-3-28-19(27)16-17-24-23-15(12-13-6-8-14(21)9-7-13)26(17)20(22-18(16)29-2)25-10-4-5-11-25/h6-9H,3-5,10-12H2,1-2H3. The Hall–Kier alpha value is -2.32. The molecule has 0 aliphatic carbocycles. The summed E-state index contributed by atoms with van der Waals surface area (Å²) in [6.07, 6.45) is 4.69. The minimum atomic E-state index is -0.423. The summed E-state index contributed by atoms with van der Waals surface area (Å²) >= 11 is 7.43. The van der Waals surface area contributed by atoms with Gasteiger partial charge in [0.2, 0.25) is 5.95 Å². The lowest BCUT2D eigenvalue weighted by atomic mass is 10.1. The molecule has 3 heterocycles. The Balaban J connectivity index is 1.89. The highest BCUT2D eigenvalue weighted by molar-refractivity contribution is 7.98. The second-order valence-electron chi connectivity index (χ2n) is 6.79. The SMILES string of the molecule is CCOC(=O)c1c(SC)nc(N2CCCC2)n2c(Cc3ccc(Cl)cc3)nnc12. The van der Waals surface area contributed by atoms with Crippen LogP contribution in [-0.4, -0.2) is 51.5 Å². The van der Waals surface area contributed by atoms with Crippen molar-refractivity contribution in [3.63, 3.8) is 0 Å². The fourth-order valence-electron chi connectivity index (χ4n) is 3.54. The smallest absolute Gasteiger partial charge is 0.344 e. The van der Waals surface area contributed by atoms with Crippen LogP contribution in [0, 0.1) is 0 Å². The summed E-state index contributed by atoms with van der Waals surface area (Å²) in [5, 5.41) is 10.1. The first-order chi connectivity index (χ1) is 14.1. The topological polar surface area (TPSA) is 72.6 Å². The molecule has 0 radical (unpaired) electrons. The number of benzene rings is 1. The Kier molecular flexibility index (Phi) is 5.91. The van der Waals surface area contributed by atoms with Crippen molar-refractivity contribution in [3.05, 3.63) is 46.2 Å². The van der Waals surface area contributed by atoms with Crippen molar-refractivity contribution >= 4 is 40.9 Å². The zero-order valence-electron chi connectivity index (χ0n) is 16.4. The summed E-state index contributed by atoms with van der Waals surface area (Å²) < 4.78 is 7.19. The molecule has 0 unspecified atom stereocenters. The van der Waals surface area contributed by atoms with Crippen LogP contribution in [0.3, 0.4) is 0 Å². The maximum atomic E-state index is 12.7. The van der Waals surface area contributed by atoms with Gasteiger partial charge >= 0.3 is 5.97 Å². The monoisotopic (exact) mass is 431 g/mol. The van der Waals surface area contributed by atoms with Gasteiger partial charge in [0.25, 0.3) is 0 Å². The van der Waals surface area contributed by atoms with E-state index in [2.05, 4.69) is 15.1 Å². The lowest BCUT2D eigenvalue weighted by molar-refractivity contribution is 0.0523. The maximum absolute atomic E-state index is 12.7. The van der Waals surface area contributed by atoms with Gasteiger partial charge in [0.05, 0.1) is 6.61 Å². The summed E-state index contributed by atoms with van der Waals surface area (Å²) in [5.41, 5.74) is 1.92. The van der Waals surface area contributed by atoms with Crippen LogP contribution in [0.25, 0.3) is 5.65 Å². The Morgan fingerprint density at radius 3 is 2.59 bits per heavy atom. The normalized spacial score (nSPS) is 14.0. The molecule has 2 aromatic heterocycles. The van der Waals surface area contributed by atoms with E-state index >= 15 is 0 Å². The van der Waals surface area contributed by atoms with Gasteiger partial charge in [-0.2, -0.15) is 0 Å². The third-order valence-electron chi connectivity index (χ3n) is 4.91. The zero-order chi connectivity index (χ0) is 20.4. The van der Waals surface area contributed by atoms with E-state index in [1.807, 2.05) is 34.9 Å². The number of fused-ring (bicyclic) bond motifs is 1. The molecule has 29 heavy (non-hydrogen) atoms. The van der Waals surface area contributed by atoms with Gasteiger partial charge in [-0.1, -0.05) is 23.7 Å². The van der Waals surface area contributed by atoms with Crippen molar-refractivity contribution in [2.75, 3.05) is 30.9 Å². The van der Waals surface area contributed by atoms with E-state index in [-0.39, 0.29) is 0 Å². The van der Waals surface area contributed by atoms with Crippen molar-refractivity contribution in [2.45, 2.75) is 31.2 Å². The zero-order valence-corrected chi connectivity index (χ0v) is 18.0. The Bertz CT molecular complexity index is 1030. The number of carbonyl (C=O) groups is 1. The minimum Gasteiger partial charge on any atom is -0.462 e. The fraction of sp³-hybridized carbons (Fsp3) is 0.400. The second kappa shape index (κ2) is 8.59. The number of hydrogen-bond acceptors (Lipinski definition) is 7. The van der Waals surface area contributed by atoms with E-state index < -0.39 is 5.97 Å². The molecule has 1 aliphatic heterocycles. The number of rotatable bonds is 6. The highest BCUT2D eigenvalue weighted by Crippen LogP contribution is 2.30. The summed E-state index contributed by atoms with van der Waals surface area (Å²) in [4.78, 5) is 19.8. The third-order valence-corrected chi connectivity index (χ3v) is 5.84. The van der Waals surface area contributed by atoms with Crippen molar-refractivity contribution in [1.82, 2.24) is 19.6 Å². The van der Waals surface area contributed by atoms with Gasteiger partial charge in [-0.25, -0.2) is 14.2 Å². The number of thioether (sulfide) groups is 1. The molecule has 0 spiro atoms. The molecule has 7 nitrogen and oxygen atoms in total. The van der Waals surface area contributed by atoms with Crippen LogP contribution in [0.15, 0.2) is 29.3 Å². The molecule has 9 heteroatoms. The number of anilines is 1. The van der Waals surface area contributed by atoms with Crippen LogP contribution in [0.2, 0.25) is 5.02 Å². The van der Waals surface area contributed by atoms with Gasteiger partial charge in [-0.15, -0.1) is 22.0 Å². The molecule has 4 rings (SSSR count). The fourth-order valence-corrected chi connectivity index (χ4v) is 4.22. The molecule has 0 amide bonds. The van der Waals surface area contributed by atoms with Gasteiger partial charge < -0.3 is 9.64 Å². The van der Waals surface area contributed by atoms with E-state index in [0.717, 1.165) is 43.3 Å². The number of halogens is 1. The molecule has 1 aliphatic rings. The van der Waals surface area contributed by atoms with Crippen LogP contribution in [0.5, 0.6) is 0 Å². The Labute approximate surface area is 178 Å². The average molecular weight is 432 g/mol. The molecule has 1 aromatic carbocycles. The van der Waals surface area contributed by atoms with E-state index in [4.69, 9.17) is 21.3 Å². The van der Waals surface area contributed by atoms with E-state index in [1.54, 1.807) is 6.92 Å². The highest BCUT2D eigenvalue weighted by atomic mass is 35.5. The van der Waals surface area contributed by atoms with Crippen LogP contribution >= 0.6 is 23.4 Å². The number of esters is 1. The van der Waals surface area contributed by atoms with Crippen LogP contribution in [0.4, 0.5) is 5.95 Å². The predicted molar refractivity (Wildman–Crippen MR) is 114 cm³/mol. The summed E-state index contributed by atoms with van der Waals surface area (Å²) in [6.45, 7) is 3.93. The van der Waals surface area contributed by atoms with Crippen LogP contribution < -0.4 is 4.90 Å². The molecule has 0 saturated carbocycles. The largest absolute Gasteiger partial charge is 0.462 e. The second-order valence-corrected chi connectivity index (χ2v) is 8.02. The Morgan fingerprint density at radius 2 is 1.93 bits per heavy atom. The van der Waals surface area contributed by atoms with Crippen LogP contribution in [0.1, 0.15) is 41.5 Å². The predicted octanol–water partition coefficient (Wildman–Crippen LogP) is 3.87. The van der Waals surface area contributed by atoms with E-state index in [9.17, 15) is 4.79 Å². The molecule has 0 bridgehead atoms. The van der Waals surface area contributed by atoms with Gasteiger partial charge in [0, 0.05) is 24.5 Å². The summed E-state index contributed by atoms with van der Waals surface area (Å²) in [7, 11) is 0. The van der Waals surface area contributed by atoms with Crippen molar-refractivity contribution in [1.29, 1.82) is 0 Å². The molecule has 1 fully saturated rings. The molecule has 152 valence electrons. The number of ether oxygens (including phenoxy) is 1. The molecular weight excluding hydrogens is 410 g/mol. The number of carbonyl (C=O) groups excluding carboxylic acids is 1. The Morgan fingerprint density at radius 1 is 1.21 bits per heavy atom. The first-order valence-electron chi connectivity index (χ1n) is 9.61. The average Bonchev–Trinajstić information content (AvgIpc) is 3.39. The minimum absolute atomic E-state index is 0.290. The van der Waals surface area contributed by atoms with Gasteiger partial charge in [-0.05, 0) is 43.7 Å². The van der Waals surface area contributed by atoms with Crippen molar-refractivity contribution in [2.24, 2.45) is 0 Å². The number of hydrogen-bond donors (Lipinski definition) is 0. The molecule has 0 N–H and O–H groups in total. The summed E-state index contributed by atoms with van der Waals surface area (Å²) in [6, 6.07) is 7.65. The maximum Gasteiger partial charge on any atom is 0.344 e. The summed E-state index contributed by atoms with van der Waals surface area (Å²) in [5.74, 6) is 1.09. The van der Waals surface area contributed by atoms with Crippen molar-refractivity contribution < 1.29 is 9.53 Å². The van der Waals surface area contributed by atoms with Gasteiger partial charge in [0.15, 0.2) is 5.65 Å². The van der Waals surface area contributed by atoms with E-state index in [0.29, 0.717) is 34.3 Å². The molecular formula is C20H22ClN5O2S. The molecule has 1 saturated heterocycles. The first kappa shape index (κ1) is 20.0. The lowest BCUT2D eigenvalue weighted by Gasteiger charge is -2.20. The first-order valence-corrected chi connectivity index (χ1v) is 11.2. The molecule has 0 atom stereocenters. The number of aromatic nitrogens is 4. The van der Waals surface area contributed by atoms with E-state index in [1.165, 1.54) is 11.8 Å².